The normalized spacial score (nSPS) is 14.1. The van der Waals surface area contributed by atoms with Gasteiger partial charge in [0.1, 0.15) is 5.82 Å². The number of benzene rings is 2. The number of sulfonamides is 1. The van der Waals surface area contributed by atoms with E-state index in [-0.39, 0.29) is 22.7 Å². The molecule has 0 saturated heterocycles. The molecule has 1 saturated carbocycles. The number of aromatic nitrogens is 1. The minimum atomic E-state index is -3.49. The molecule has 9 heteroatoms. The van der Waals surface area contributed by atoms with Crippen LogP contribution in [0.15, 0.2) is 65.7 Å². The smallest absolute Gasteiger partial charge is 0.250 e. The number of nitrogens with zero attached hydrogens (tertiary/aromatic N) is 1. The van der Waals surface area contributed by atoms with Gasteiger partial charge in [0, 0.05) is 29.6 Å². The first kappa shape index (κ1) is 21.4. The van der Waals surface area contributed by atoms with Gasteiger partial charge in [-0.3, -0.25) is 10.1 Å². The Morgan fingerprint density at radius 2 is 1.90 bits per heavy atom. The summed E-state index contributed by atoms with van der Waals surface area (Å²) in [5, 5.41) is 3.10. The van der Waals surface area contributed by atoms with E-state index in [1.54, 1.807) is 42.6 Å². The van der Waals surface area contributed by atoms with Gasteiger partial charge in [0.25, 0.3) is 0 Å². The molecule has 0 radical (unpaired) electrons. The average Bonchev–Trinajstić information content (AvgIpc) is 3.44. The van der Waals surface area contributed by atoms with Crippen molar-refractivity contribution in [2.75, 3.05) is 5.32 Å². The summed E-state index contributed by atoms with van der Waals surface area (Å²) < 4.78 is 40.8. The van der Waals surface area contributed by atoms with E-state index in [1.807, 2.05) is 0 Å². The second-order valence-electron chi connectivity index (χ2n) is 7.19. The zero-order valence-corrected chi connectivity index (χ0v) is 18.0. The monoisotopic (exact) mass is 457 g/mol. The van der Waals surface area contributed by atoms with Crippen LogP contribution < -0.4 is 10.0 Å². The highest BCUT2D eigenvalue weighted by Gasteiger charge is 2.27. The molecule has 1 heterocycles. The van der Waals surface area contributed by atoms with Gasteiger partial charge in [0.05, 0.1) is 4.90 Å². The summed E-state index contributed by atoms with van der Waals surface area (Å²) in [5.41, 5.74) is 1.27. The van der Waals surface area contributed by atoms with E-state index < -0.39 is 10.0 Å². The number of nitrogens with one attached hydrogen (secondary N) is 2. The number of carbonyl (C=O) groups is 1. The van der Waals surface area contributed by atoms with Gasteiger partial charge in [-0.05, 0) is 48.2 Å². The molecule has 0 unspecified atom stereocenters. The third-order valence-electron chi connectivity index (χ3n) is 4.62. The molecule has 2 N–H and O–H groups in total. The van der Waals surface area contributed by atoms with E-state index in [0.29, 0.717) is 22.7 Å². The number of carbonyl (C=O) groups excluding carboxylic acids is 1. The summed E-state index contributed by atoms with van der Waals surface area (Å²) in [6.07, 6.45) is 6.71. The Morgan fingerprint density at radius 1 is 1.16 bits per heavy atom. The lowest BCUT2D eigenvalue weighted by atomic mass is 10.1. The van der Waals surface area contributed by atoms with Crippen molar-refractivity contribution in [3.05, 3.63) is 82.6 Å². The van der Waals surface area contributed by atoms with Crippen LogP contribution in [0.5, 0.6) is 0 Å². The summed E-state index contributed by atoms with van der Waals surface area (Å²) in [6, 6.07) is 12.9. The van der Waals surface area contributed by atoms with E-state index >= 15 is 0 Å². The highest BCUT2D eigenvalue weighted by atomic mass is 32.2. The Hall–Kier alpha value is -2.88. The standard InChI is InChI=1S/C22H20FN3O3S2/c23-20-4-2-1-3-16(20)13-18-14-24-22(30-18)25-21(27)12-7-15-5-10-19(11-6-15)31(28,29)26-17-8-9-17/h1-7,10-12,14,17,26H,8-9,13H2,(H,24,25,27). The van der Waals surface area contributed by atoms with Gasteiger partial charge in [-0.15, -0.1) is 11.3 Å². The molecule has 3 aromatic rings. The molecule has 1 aliphatic rings. The van der Waals surface area contributed by atoms with Crippen molar-refractivity contribution in [2.24, 2.45) is 0 Å². The van der Waals surface area contributed by atoms with Gasteiger partial charge >= 0.3 is 0 Å². The fourth-order valence-electron chi connectivity index (χ4n) is 2.84. The Bertz CT molecular complexity index is 1220. The molecule has 0 spiro atoms. The van der Waals surface area contributed by atoms with E-state index in [0.717, 1.165) is 17.7 Å². The third-order valence-corrected chi connectivity index (χ3v) is 7.07. The van der Waals surface area contributed by atoms with Crippen LogP contribution in [0.25, 0.3) is 6.08 Å². The SMILES string of the molecule is O=C(C=Cc1ccc(S(=O)(=O)NC2CC2)cc1)Nc1ncc(Cc2ccccc2F)s1. The van der Waals surface area contributed by atoms with Crippen molar-refractivity contribution >= 4 is 38.5 Å². The molecular weight excluding hydrogens is 437 g/mol. The number of rotatable bonds is 8. The number of hydrogen-bond donors (Lipinski definition) is 2. The lowest BCUT2D eigenvalue weighted by molar-refractivity contribution is -0.111. The number of thiazole rings is 1. The molecule has 2 aromatic carbocycles. The minimum Gasteiger partial charge on any atom is -0.298 e. The number of hydrogen-bond acceptors (Lipinski definition) is 5. The molecular formula is C22H20FN3O3S2. The lowest BCUT2D eigenvalue weighted by Gasteiger charge is -2.05. The predicted octanol–water partition coefficient (Wildman–Crippen LogP) is 3.97. The van der Waals surface area contributed by atoms with Crippen LogP contribution in [0.3, 0.4) is 0 Å². The van der Waals surface area contributed by atoms with E-state index in [2.05, 4.69) is 15.0 Å². The maximum Gasteiger partial charge on any atom is 0.250 e. The summed E-state index contributed by atoms with van der Waals surface area (Å²) >= 11 is 1.28. The van der Waals surface area contributed by atoms with Gasteiger partial charge in [-0.25, -0.2) is 22.5 Å². The summed E-state index contributed by atoms with van der Waals surface area (Å²) in [5.74, 6) is -0.634. The first-order valence-corrected chi connectivity index (χ1v) is 12.0. The number of amides is 1. The van der Waals surface area contributed by atoms with Crippen LogP contribution in [-0.2, 0) is 21.2 Å². The van der Waals surface area contributed by atoms with Crippen LogP contribution in [-0.4, -0.2) is 25.4 Å². The Balaban J connectivity index is 1.33. The highest BCUT2D eigenvalue weighted by molar-refractivity contribution is 7.89. The Kier molecular flexibility index (Phi) is 6.26. The molecule has 4 rings (SSSR count). The molecule has 6 nitrogen and oxygen atoms in total. The molecule has 0 bridgehead atoms. The summed E-state index contributed by atoms with van der Waals surface area (Å²) in [7, 11) is -3.49. The van der Waals surface area contributed by atoms with Crippen molar-refractivity contribution in [2.45, 2.75) is 30.2 Å². The largest absolute Gasteiger partial charge is 0.298 e. The van der Waals surface area contributed by atoms with Gasteiger partial charge in [0.15, 0.2) is 5.13 Å². The van der Waals surface area contributed by atoms with E-state index in [4.69, 9.17) is 0 Å². The minimum absolute atomic E-state index is 0.0476. The third kappa shape index (κ3) is 5.84. The zero-order chi connectivity index (χ0) is 21.8. The fourth-order valence-corrected chi connectivity index (χ4v) is 4.99. The van der Waals surface area contributed by atoms with Crippen molar-refractivity contribution in [3.63, 3.8) is 0 Å². The van der Waals surface area contributed by atoms with Crippen molar-refractivity contribution in [3.8, 4) is 0 Å². The molecule has 0 aliphatic heterocycles. The molecule has 1 fully saturated rings. The van der Waals surface area contributed by atoms with Crippen molar-refractivity contribution in [1.82, 2.24) is 9.71 Å². The van der Waals surface area contributed by atoms with Gasteiger partial charge in [-0.2, -0.15) is 0 Å². The van der Waals surface area contributed by atoms with Gasteiger partial charge < -0.3 is 0 Å². The maximum atomic E-state index is 13.8. The number of anilines is 1. The summed E-state index contributed by atoms with van der Waals surface area (Å²) in [4.78, 5) is 17.4. The fraction of sp³-hybridized carbons (Fsp3) is 0.182. The van der Waals surface area contributed by atoms with Gasteiger partial charge in [0.2, 0.25) is 15.9 Å². The van der Waals surface area contributed by atoms with Crippen LogP contribution in [0.2, 0.25) is 0 Å². The Morgan fingerprint density at radius 3 is 2.61 bits per heavy atom. The maximum absolute atomic E-state index is 13.8. The quantitative estimate of drug-likeness (QED) is 0.501. The second kappa shape index (κ2) is 9.09. The van der Waals surface area contributed by atoms with Crippen LogP contribution >= 0.6 is 11.3 Å². The van der Waals surface area contributed by atoms with Crippen LogP contribution in [0.1, 0.15) is 28.8 Å². The van der Waals surface area contributed by atoms with E-state index in [9.17, 15) is 17.6 Å². The van der Waals surface area contributed by atoms with E-state index in [1.165, 1.54) is 35.6 Å². The highest BCUT2D eigenvalue weighted by Crippen LogP contribution is 2.23. The van der Waals surface area contributed by atoms with Gasteiger partial charge in [-0.1, -0.05) is 30.3 Å². The second-order valence-corrected chi connectivity index (χ2v) is 10.0. The first-order valence-electron chi connectivity index (χ1n) is 9.69. The molecule has 0 atom stereocenters. The Labute approximate surface area is 183 Å². The average molecular weight is 458 g/mol. The molecule has 1 amide bonds. The summed E-state index contributed by atoms with van der Waals surface area (Å²) in [6.45, 7) is 0. The zero-order valence-electron chi connectivity index (χ0n) is 16.4. The predicted molar refractivity (Wildman–Crippen MR) is 119 cm³/mol. The van der Waals surface area contributed by atoms with Crippen LogP contribution in [0, 0.1) is 5.82 Å². The van der Waals surface area contributed by atoms with Crippen LogP contribution in [0.4, 0.5) is 9.52 Å². The molecule has 160 valence electrons. The first-order chi connectivity index (χ1) is 14.9. The molecule has 31 heavy (non-hydrogen) atoms. The van der Waals surface area contributed by atoms with Crippen molar-refractivity contribution < 1.29 is 17.6 Å². The molecule has 1 aromatic heterocycles. The number of halogens is 1. The topological polar surface area (TPSA) is 88.2 Å². The lowest BCUT2D eigenvalue weighted by Crippen LogP contribution is -2.25. The van der Waals surface area contributed by atoms with Crippen molar-refractivity contribution in [1.29, 1.82) is 0 Å². The molecule has 1 aliphatic carbocycles.